The molecule has 0 spiro atoms. The molecule has 4 heteroatoms. The molecule has 0 aliphatic carbocycles. The Kier molecular flexibility index (Phi) is 7.06. The first kappa shape index (κ1) is 11.2. The second-order valence-electron chi connectivity index (χ2n) is 2.48. The molecule has 0 saturated heterocycles. The second-order valence-corrected chi connectivity index (χ2v) is 3.75. The maximum Gasteiger partial charge on any atom is 0.167 e. The highest BCUT2D eigenvalue weighted by atomic mass is 32.2. The van der Waals surface area contributed by atoms with Gasteiger partial charge in [0.25, 0.3) is 0 Å². The lowest BCUT2D eigenvalue weighted by Gasteiger charge is -2.12. The van der Waals surface area contributed by atoms with E-state index in [-0.39, 0.29) is 0 Å². The fourth-order valence-electron chi connectivity index (χ4n) is 0.425. The van der Waals surface area contributed by atoms with E-state index >= 15 is 0 Å². The minimum atomic E-state index is 0.345. The molecule has 0 fully saturated rings. The Morgan fingerprint density at radius 1 is 1.45 bits per heavy atom. The molecule has 11 heavy (non-hydrogen) atoms. The molecule has 0 aromatic heterocycles. The van der Waals surface area contributed by atoms with Gasteiger partial charge in [-0.3, -0.25) is 4.84 Å². The smallest absolute Gasteiger partial charge is 0.167 e. The molecule has 0 aliphatic rings. The Morgan fingerprint density at radius 3 is 2.55 bits per heavy atom. The molecule has 1 unspecified atom stereocenters. The molecule has 0 saturated carbocycles. The normalized spacial score (nSPS) is 13.9. The fourth-order valence-corrected chi connectivity index (χ4v) is 0.657. The van der Waals surface area contributed by atoms with E-state index in [1.807, 2.05) is 14.1 Å². The van der Waals surface area contributed by atoms with Crippen molar-refractivity contribution in [1.82, 2.24) is 5.06 Å². The Hall–Kier alpha value is 0.230. The molecule has 68 valence electrons. The van der Waals surface area contributed by atoms with E-state index in [1.54, 1.807) is 16.8 Å². The molecule has 1 atom stereocenters. The second kappa shape index (κ2) is 6.91. The molecule has 0 N–H and O–H groups in total. The van der Waals surface area contributed by atoms with Crippen molar-refractivity contribution < 1.29 is 9.57 Å². The van der Waals surface area contributed by atoms with Crippen molar-refractivity contribution in [2.75, 3.05) is 33.8 Å². The van der Waals surface area contributed by atoms with Crippen LogP contribution < -0.4 is 0 Å². The molecule has 0 bridgehead atoms. The van der Waals surface area contributed by atoms with Crippen LogP contribution in [0.25, 0.3) is 0 Å². The number of hydrogen-bond acceptors (Lipinski definition) is 4. The zero-order valence-electron chi connectivity index (χ0n) is 7.66. The van der Waals surface area contributed by atoms with Gasteiger partial charge in [-0.05, 0) is 6.26 Å². The van der Waals surface area contributed by atoms with Crippen LogP contribution in [0.4, 0.5) is 0 Å². The van der Waals surface area contributed by atoms with Gasteiger partial charge in [-0.2, -0.15) is 16.8 Å². The third kappa shape index (κ3) is 8.13. The summed E-state index contributed by atoms with van der Waals surface area (Å²) >= 11 is 1.79. The summed E-state index contributed by atoms with van der Waals surface area (Å²) in [6.45, 7) is 3.22. The van der Waals surface area contributed by atoms with Crippen molar-refractivity contribution in [3.63, 3.8) is 0 Å². The van der Waals surface area contributed by atoms with Gasteiger partial charge in [0.2, 0.25) is 0 Å². The highest BCUT2D eigenvalue weighted by Gasteiger charge is 1.98. The van der Waals surface area contributed by atoms with Crippen LogP contribution >= 0.6 is 11.8 Å². The van der Waals surface area contributed by atoms with E-state index < -0.39 is 0 Å². The highest BCUT2D eigenvalue weighted by molar-refractivity contribution is 7.99. The maximum absolute atomic E-state index is 5.21. The predicted molar refractivity (Wildman–Crippen MR) is 48.6 cm³/mol. The van der Waals surface area contributed by atoms with Gasteiger partial charge in [-0.15, -0.1) is 0 Å². The van der Waals surface area contributed by atoms with E-state index in [0.29, 0.717) is 12.0 Å². The Balaban J connectivity index is 3.01. The van der Waals surface area contributed by atoms with Crippen molar-refractivity contribution in [1.29, 1.82) is 0 Å². The standard InChI is InChI=1S/C7H17NO2S/c1-7(11-4)5-9-6-10-8(2)3/h7H,5-6H2,1-4H3. The summed E-state index contributed by atoms with van der Waals surface area (Å²) in [4.78, 5) is 5.04. The minimum absolute atomic E-state index is 0.345. The van der Waals surface area contributed by atoms with Crippen molar-refractivity contribution in [3.8, 4) is 0 Å². The number of hydrogen-bond donors (Lipinski definition) is 0. The van der Waals surface area contributed by atoms with Crippen LogP contribution in [0.15, 0.2) is 0 Å². The van der Waals surface area contributed by atoms with Crippen molar-refractivity contribution >= 4 is 11.8 Å². The number of nitrogens with zero attached hydrogens (tertiary/aromatic N) is 1. The topological polar surface area (TPSA) is 21.7 Å². The molecule has 3 nitrogen and oxygen atoms in total. The summed E-state index contributed by atoms with van der Waals surface area (Å²) in [6, 6.07) is 0. The molecule has 0 aromatic rings. The molecule has 0 aliphatic heterocycles. The minimum Gasteiger partial charge on any atom is -0.352 e. The average molecular weight is 179 g/mol. The van der Waals surface area contributed by atoms with Crippen LogP contribution in [0.3, 0.4) is 0 Å². The molecule has 0 aromatic carbocycles. The molecule has 0 rings (SSSR count). The average Bonchev–Trinajstić information content (AvgIpc) is 1.97. The fraction of sp³-hybridized carbons (Fsp3) is 1.00. The van der Waals surface area contributed by atoms with Gasteiger partial charge in [0.1, 0.15) is 0 Å². The van der Waals surface area contributed by atoms with Crippen molar-refractivity contribution in [3.05, 3.63) is 0 Å². The quantitative estimate of drug-likeness (QED) is 0.347. The van der Waals surface area contributed by atoms with Crippen molar-refractivity contribution in [2.45, 2.75) is 12.2 Å². The van der Waals surface area contributed by atoms with Crippen LogP contribution in [0.2, 0.25) is 0 Å². The number of ether oxygens (including phenoxy) is 1. The summed E-state index contributed by atoms with van der Waals surface area (Å²) in [5.74, 6) is 0. The number of hydroxylamine groups is 2. The van der Waals surface area contributed by atoms with Crippen molar-refractivity contribution in [2.24, 2.45) is 0 Å². The SMILES string of the molecule is CSC(C)COCON(C)C. The largest absolute Gasteiger partial charge is 0.352 e. The maximum atomic E-state index is 5.21. The lowest BCUT2D eigenvalue weighted by molar-refractivity contribution is -0.197. The molecule has 0 amide bonds. The monoisotopic (exact) mass is 179 g/mol. The Labute approximate surface area is 73.0 Å². The molecular weight excluding hydrogens is 162 g/mol. The van der Waals surface area contributed by atoms with Crippen LogP contribution in [0, 0.1) is 0 Å². The van der Waals surface area contributed by atoms with E-state index in [0.717, 1.165) is 6.61 Å². The van der Waals surface area contributed by atoms with E-state index in [1.165, 1.54) is 0 Å². The first-order valence-corrected chi connectivity index (χ1v) is 4.86. The Bertz CT molecular complexity index is 90.5. The third-order valence-electron chi connectivity index (χ3n) is 1.15. The van der Waals surface area contributed by atoms with E-state index in [2.05, 4.69) is 13.2 Å². The van der Waals surface area contributed by atoms with Gasteiger partial charge < -0.3 is 4.74 Å². The molecular formula is C7H17NO2S. The van der Waals surface area contributed by atoms with Crippen LogP contribution in [0.5, 0.6) is 0 Å². The van der Waals surface area contributed by atoms with E-state index in [9.17, 15) is 0 Å². The highest BCUT2D eigenvalue weighted by Crippen LogP contribution is 2.04. The molecule has 0 radical (unpaired) electrons. The van der Waals surface area contributed by atoms with Gasteiger partial charge in [0.05, 0.1) is 6.61 Å². The summed E-state index contributed by atoms with van der Waals surface area (Å²) in [6.07, 6.45) is 2.07. The van der Waals surface area contributed by atoms with Crippen LogP contribution in [-0.2, 0) is 9.57 Å². The van der Waals surface area contributed by atoms with Gasteiger partial charge in [0.15, 0.2) is 6.79 Å². The summed E-state index contributed by atoms with van der Waals surface area (Å²) in [5, 5.41) is 2.17. The zero-order chi connectivity index (χ0) is 8.69. The zero-order valence-corrected chi connectivity index (χ0v) is 8.48. The first-order chi connectivity index (χ1) is 5.16. The summed E-state index contributed by atoms with van der Waals surface area (Å²) in [5.41, 5.74) is 0. The summed E-state index contributed by atoms with van der Waals surface area (Å²) in [7, 11) is 3.67. The lowest BCUT2D eigenvalue weighted by atomic mass is 10.5. The third-order valence-corrected chi connectivity index (χ3v) is 2.09. The van der Waals surface area contributed by atoms with E-state index in [4.69, 9.17) is 9.57 Å². The van der Waals surface area contributed by atoms with Gasteiger partial charge >= 0.3 is 0 Å². The van der Waals surface area contributed by atoms with Gasteiger partial charge in [-0.1, -0.05) is 6.92 Å². The number of thioether (sulfide) groups is 1. The Morgan fingerprint density at radius 2 is 2.09 bits per heavy atom. The van der Waals surface area contributed by atoms with Gasteiger partial charge in [-0.25, -0.2) is 0 Å². The van der Waals surface area contributed by atoms with Gasteiger partial charge in [0, 0.05) is 19.3 Å². The van der Waals surface area contributed by atoms with Crippen LogP contribution in [-0.4, -0.2) is 44.1 Å². The predicted octanol–water partition coefficient (Wildman–Crippen LogP) is 1.21. The summed E-state index contributed by atoms with van der Waals surface area (Å²) < 4.78 is 5.21. The first-order valence-electron chi connectivity index (χ1n) is 3.57. The molecule has 0 heterocycles. The lowest BCUT2D eigenvalue weighted by Crippen LogP contribution is -2.17. The number of rotatable bonds is 6. The van der Waals surface area contributed by atoms with Crippen LogP contribution in [0.1, 0.15) is 6.92 Å².